The second-order valence-corrected chi connectivity index (χ2v) is 5.54. The molecule has 0 aliphatic carbocycles. The van der Waals surface area contributed by atoms with Gasteiger partial charge in [0.05, 0.1) is 0 Å². The van der Waals surface area contributed by atoms with Gasteiger partial charge in [-0.2, -0.15) is 0 Å². The van der Waals surface area contributed by atoms with Gasteiger partial charge in [0.1, 0.15) is 0 Å². The van der Waals surface area contributed by atoms with E-state index < -0.39 is 0 Å². The predicted molar refractivity (Wildman–Crippen MR) is 74.9 cm³/mol. The molecule has 1 N–H and O–H groups in total. The van der Waals surface area contributed by atoms with Gasteiger partial charge in [-0.25, -0.2) is 0 Å². The third-order valence-electron chi connectivity index (χ3n) is 3.64. The lowest BCUT2D eigenvalue weighted by Crippen LogP contribution is -2.10. The van der Waals surface area contributed by atoms with Crippen LogP contribution in [-0.4, -0.2) is 15.2 Å². The second-order valence-electron chi connectivity index (χ2n) is 4.54. The summed E-state index contributed by atoms with van der Waals surface area (Å²) in [6.45, 7) is 4.43. The minimum absolute atomic E-state index is 1.10. The Balaban J connectivity index is 2.60. The Morgan fingerprint density at radius 1 is 1.06 bits per heavy atom. The smallest absolute Gasteiger partial charge is 0.0464 e. The first-order chi connectivity index (χ1) is 7.68. The van der Waals surface area contributed by atoms with Gasteiger partial charge in [-0.15, -0.1) is 0 Å². The minimum Gasteiger partial charge on any atom is -0.355 e. The van der Waals surface area contributed by atoms with Gasteiger partial charge >= 0.3 is 0 Å². The molecule has 0 aliphatic heterocycles. The molecule has 3 aromatic rings. The van der Waals surface area contributed by atoms with Crippen LogP contribution in [-0.2, 0) is 0 Å². The number of fused-ring (bicyclic) bond motifs is 3. The Kier molecular flexibility index (Phi) is 1.95. The number of H-pyrrole nitrogens is 1. The van der Waals surface area contributed by atoms with Crippen LogP contribution in [0.3, 0.4) is 0 Å². The van der Waals surface area contributed by atoms with E-state index in [2.05, 4.69) is 49.2 Å². The summed E-state index contributed by atoms with van der Waals surface area (Å²) >= 11 is 0. The van der Waals surface area contributed by atoms with Crippen molar-refractivity contribution < 1.29 is 0 Å². The van der Waals surface area contributed by atoms with Crippen LogP contribution >= 0.6 is 0 Å². The number of nitrogens with one attached hydrogen (secondary N) is 1. The second kappa shape index (κ2) is 3.22. The van der Waals surface area contributed by atoms with Crippen molar-refractivity contribution in [3.63, 3.8) is 0 Å². The van der Waals surface area contributed by atoms with E-state index in [1.165, 1.54) is 38.1 Å². The molecule has 0 radical (unpaired) electrons. The predicted octanol–water partition coefficient (Wildman–Crippen LogP) is 1.93. The van der Waals surface area contributed by atoms with Crippen LogP contribution < -0.4 is 5.19 Å². The summed E-state index contributed by atoms with van der Waals surface area (Å²) in [5.41, 5.74) is 5.45. The van der Waals surface area contributed by atoms with Crippen LogP contribution in [0, 0.1) is 13.8 Å². The largest absolute Gasteiger partial charge is 0.355 e. The fourth-order valence-corrected chi connectivity index (χ4v) is 3.21. The van der Waals surface area contributed by atoms with E-state index in [0.29, 0.717) is 0 Å². The molecule has 3 rings (SSSR count). The summed E-state index contributed by atoms with van der Waals surface area (Å²) in [4.78, 5) is 3.55. The van der Waals surface area contributed by atoms with Gasteiger partial charge < -0.3 is 4.98 Å². The molecule has 0 amide bonds. The van der Waals surface area contributed by atoms with Crippen LogP contribution in [0.4, 0.5) is 0 Å². The Bertz CT molecular complexity index is 695. The molecule has 1 heterocycles. The highest BCUT2D eigenvalue weighted by molar-refractivity contribution is 6.40. The van der Waals surface area contributed by atoms with Crippen molar-refractivity contribution in [2.45, 2.75) is 13.8 Å². The van der Waals surface area contributed by atoms with E-state index in [1.54, 1.807) is 0 Å². The average Bonchev–Trinajstić information content (AvgIpc) is 2.65. The molecular formula is C14H15NSi. The van der Waals surface area contributed by atoms with E-state index in [-0.39, 0.29) is 0 Å². The van der Waals surface area contributed by atoms with E-state index in [4.69, 9.17) is 0 Å². The monoisotopic (exact) mass is 225 g/mol. The minimum atomic E-state index is 1.10. The maximum Gasteiger partial charge on any atom is 0.0464 e. The summed E-state index contributed by atoms with van der Waals surface area (Å²) < 4.78 is 0. The average molecular weight is 225 g/mol. The Hall–Kier alpha value is -1.54. The van der Waals surface area contributed by atoms with Crippen molar-refractivity contribution in [2.75, 3.05) is 0 Å². The summed E-state index contributed by atoms with van der Waals surface area (Å²) in [6, 6.07) is 10.9. The maximum absolute atomic E-state index is 3.55. The molecule has 0 aliphatic rings. The van der Waals surface area contributed by atoms with Gasteiger partial charge in [0, 0.05) is 32.0 Å². The highest BCUT2D eigenvalue weighted by Gasteiger charge is 2.08. The standard InChI is InChI=1S/C14H15NSi/c1-8-7-11-10-5-3-4-6-12(10)15-13(11)14(16)9(8)2/h3-7,15H,1-2,16H3. The number of para-hydroxylation sites is 1. The number of benzene rings is 2. The molecule has 0 unspecified atom stereocenters. The van der Waals surface area contributed by atoms with Gasteiger partial charge in [-0.3, -0.25) is 0 Å². The zero-order chi connectivity index (χ0) is 11.3. The summed E-state index contributed by atoms with van der Waals surface area (Å²) in [5, 5.41) is 4.23. The molecule has 0 atom stereocenters. The molecule has 0 spiro atoms. The van der Waals surface area contributed by atoms with Crippen LogP contribution in [0.15, 0.2) is 30.3 Å². The fraction of sp³-hybridized carbons (Fsp3) is 0.143. The summed E-state index contributed by atoms with van der Waals surface area (Å²) in [7, 11) is 1.10. The van der Waals surface area contributed by atoms with Crippen LogP contribution in [0.1, 0.15) is 11.1 Å². The molecule has 1 aromatic heterocycles. The van der Waals surface area contributed by atoms with Gasteiger partial charge in [0.15, 0.2) is 0 Å². The number of hydrogen-bond acceptors (Lipinski definition) is 0. The molecule has 0 fully saturated rings. The third kappa shape index (κ3) is 1.17. The molecule has 16 heavy (non-hydrogen) atoms. The van der Waals surface area contributed by atoms with Gasteiger partial charge in [0.25, 0.3) is 0 Å². The maximum atomic E-state index is 3.55. The van der Waals surface area contributed by atoms with Crippen molar-refractivity contribution in [1.82, 2.24) is 4.98 Å². The van der Waals surface area contributed by atoms with Gasteiger partial charge in [0.2, 0.25) is 0 Å². The first kappa shape index (κ1) is 9.67. The Labute approximate surface area is 97.9 Å². The molecule has 0 saturated heterocycles. The van der Waals surface area contributed by atoms with E-state index in [1.807, 2.05) is 0 Å². The lowest BCUT2D eigenvalue weighted by molar-refractivity contribution is 1.38. The van der Waals surface area contributed by atoms with Crippen molar-refractivity contribution in [3.05, 3.63) is 41.5 Å². The lowest BCUT2D eigenvalue weighted by Gasteiger charge is -2.05. The molecule has 80 valence electrons. The molecular weight excluding hydrogens is 210 g/mol. The lowest BCUT2D eigenvalue weighted by atomic mass is 10.1. The fourth-order valence-electron chi connectivity index (χ4n) is 2.42. The van der Waals surface area contributed by atoms with E-state index >= 15 is 0 Å². The molecule has 2 aromatic carbocycles. The van der Waals surface area contributed by atoms with Crippen molar-refractivity contribution in [1.29, 1.82) is 0 Å². The number of aromatic nitrogens is 1. The van der Waals surface area contributed by atoms with E-state index in [9.17, 15) is 0 Å². The Morgan fingerprint density at radius 3 is 2.62 bits per heavy atom. The normalized spacial score (nSPS) is 11.6. The number of aromatic amines is 1. The summed E-state index contributed by atoms with van der Waals surface area (Å²) in [5.74, 6) is 0. The highest BCUT2D eigenvalue weighted by atomic mass is 28.1. The zero-order valence-electron chi connectivity index (χ0n) is 9.89. The first-order valence-electron chi connectivity index (χ1n) is 5.65. The Morgan fingerprint density at radius 2 is 1.81 bits per heavy atom. The molecule has 2 heteroatoms. The van der Waals surface area contributed by atoms with Crippen molar-refractivity contribution in [3.8, 4) is 0 Å². The molecule has 0 bridgehead atoms. The van der Waals surface area contributed by atoms with Crippen LogP contribution in [0.25, 0.3) is 21.8 Å². The summed E-state index contributed by atoms with van der Waals surface area (Å²) in [6.07, 6.45) is 0. The zero-order valence-corrected chi connectivity index (χ0v) is 11.9. The van der Waals surface area contributed by atoms with Crippen LogP contribution in [0.2, 0.25) is 0 Å². The number of hydrogen-bond donors (Lipinski definition) is 1. The SMILES string of the molecule is Cc1cc2c([nH]c3ccccc32)c([SiH3])c1C. The van der Waals surface area contributed by atoms with Gasteiger partial charge in [-0.1, -0.05) is 18.2 Å². The third-order valence-corrected chi connectivity index (χ3v) is 4.89. The number of rotatable bonds is 0. The molecule has 1 nitrogen and oxygen atoms in total. The number of aryl methyl sites for hydroxylation is 1. The van der Waals surface area contributed by atoms with Crippen LogP contribution in [0.5, 0.6) is 0 Å². The highest BCUT2D eigenvalue weighted by Crippen LogP contribution is 2.25. The topological polar surface area (TPSA) is 15.8 Å². The van der Waals surface area contributed by atoms with Crippen molar-refractivity contribution >= 4 is 37.2 Å². The van der Waals surface area contributed by atoms with E-state index in [0.717, 1.165) is 10.2 Å². The first-order valence-corrected chi connectivity index (χ1v) is 6.65. The molecule has 0 saturated carbocycles. The quantitative estimate of drug-likeness (QED) is 0.563. The van der Waals surface area contributed by atoms with Gasteiger partial charge in [-0.05, 0) is 42.3 Å². The van der Waals surface area contributed by atoms with Crippen molar-refractivity contribution in [2.24, 2.45) is 0 Å².